The summed E-state index contributed by atoms with van der Waals surface area (Å²) in [4.78, 5) is 4.83. The molecule has 0 aromatic heterocycles. The van der Waals surface area contributed by atoms with E-state index in [0.717, 1.165) is 15.4 Å². The fraction of sp³-hybridized carbons (Fsp3) is 0.235. The minimum Gasteiger partial charge on any atom is -0.360 e. The van der Waals surface area contributed by atoms with E-state index in [1.165, 1.54) is 11.1 Å². The zero-order valence-electron chi connectivity index (χ0n) is 11.8. The molecule has 0 unspecified atom stereocenters. The lowest BCUT2D eigenvalue weighted by atomic mass is 10.0. The van der Waals surface area contributed by atoms with Crippen molar-refractivity contribution in [3.05, 3.63) is 70.2 Å². The minimum absolute atomic E-state index is 0.221. The second kappa shape index (κ2) is 6.67. The van der Waals surface area contributed by atoms with E-state index >= 15 is 0 Å². The number of nitrogens with zero attached hydrogens (tertiary/aromatic N) is 1. The quantitative estimate of drug-likeness (QED) is 0.852. The zero-order valence-corrected chi connectivity index (χ0v) is 14.2. The van der Waals surface area contributed by atoms with Gasteiger partial charge in [-0.3, -0.25) is 4.99 Å². The van der Waals surface area contributed by atoms with Gasteiger partial charge in [-0.15, -0.1) is 0 Å². The van der Waals surface area contributed by atoms with E-state index in [1.807, 2.05) is 6.07 Å². The molecule has 3 rings (SSSR count). The average Bonchev–Trinajstić information content (AvgIpc) is 2.89. The first kappa shape index (κ1) is 14.7. The molecule has 2 atom stereocenters. The maximum absolute atomic E-state index is 4.83. The minimum atomic E-state index is 0.221. The van der Waals surface area contributed by atoms with Crippen molar-refractivity contribution in [2.45, 2.75) is 24.8 Å². The second-order valence-corrected chi connectivity index (χ2v) is 7.02. The van der Waals surface area contributed by atoms with Crippen LogP contribution in [-0.4, -0.2) is 11.2 Å². The van der Waals surface area contributed by atoms with Gasteiger partial charge in [0.15, 0.2) is 5.17 Å². The van der Waals surface area contributed by atoms with Crippen molar-refractivity contribution < 1.29 is 0 Å². The third-order valence-corrected chi connectivity index (χ3v) is 5.01. The van der Waals surface area contributed by atoms with Gasteiger partial charge in [-0.1, -0.05) is 70.2 Å². The third kappa shape index (κ3) is 3.69. The highest BCUT2D eigenvalue weighted by Crippen LogP contribution is 2.28. The summed E-state index contributed by atoms with van der Waals surface area (Å²) >= 11 is 5.23. The highest BCUT2D eigenvalue weighted by Gasteiger charge is 2.26. The molecule has 1 aliphatic heterocycles. The van der Waals surface area contributed by atoms with Crippen molar-refractivity contribution in [2.75, 3.05) is 0 Å². The molecule has 0 spiro atoms. The van der Waals surface area contributed by atoms with Crippen molar-refractivity contribution in [2.24, 2.45) is 4.99 Å². The van der Waals surface area contributed by atoms with Gasteiger partial charge in [0, 0.05) is 10.2 Å². The molecular formula is C17H17BrN2S. The molecule has 1 N–H and O–H groups in total. The zero-order chi connectivity index (χ0) is 14.7. The Hall–Kier alpha value is -1.26. The van der Waals surface area contributed by atoms with Crippen LogP contribution in [0.15, 0.2) is 64.1 Å². The van der Waals surface area contributed by atoms with Crippen LogP contribution in [0.5, 0.6) is 0 Å². The van der Waals surface area contributed by atoms with Crippen molar-refractivity contribution in [1.29, 1.82) is 0 Å². The second-order valence-electron chi connectivity index (χ2n) is 5.14. The molecule has 0 saturated heterocycles. The van der Waals surface area contributed by atoms with Gasteiger partial charge >= 0.3 is 0 Å². The number of halogens is 1. The molecule has 0 saturated carbocycles. The first-order chi connectivity index (χ1) is 10.2. The van der Waals surface area contributed by atoms with Crippen LogP contribution >= 0.6 is 27.7 Å². The fourth-order valence-corrected chi connectivity index (χ4v) is 3.59. The molecule has 0 bridgehead atoms. The van der Waals surface area contributed by atoms with Crippen LogP contribution in [0.4, 0.5) is 0 Å². The highest BCUT2D eigenvalue weighted by molar-refractivity contribution is 9.10. The molecule has 0 aliphatic carbocycles. The molecule has 2 nitrogen and oxygen atoms in total. The lowest BCUT2D eigenvalue weighted by Crippen LogP contribution is -2.27. The smallest absolute Gasteiger partial charge is 0.157 e. The van der Waals surface area contributed by atoms with Crippen LogP contribution in [0.25, 0.3) is 0 Å². The number of nitrogens with one attached hydrogen (secondary N) is 1. The average molecular weight is 361 g/mol. The summed E-state index contributed by atoms with van der Waals surface area (Å²) in [5, 5.41) is 4.53. The summed E-state index contributed by atoms with van der Waals surface area (Å²) in [6.45, 7) is 2.19. The third-order valence-electron chi connectivity index (χ3n) is 3.51. The van der Waals surface area contributed by atoms with Crippen LogP contribution in [0, 0.1) is 0 Å². The van der Waals surface area contributed by atoms with Gasteiger partial charge in [-0.25, -0.2) is 0 Å². The number of amidine groups is 1. The van der Waals surface area contributed by atoms with Crippen molar-refractivity contribution >= 4 is 32.9 Å². The Morgan fingerprint density at radius 1 is 1.10 bits per heavy atom. The van der Waals surface area contributed by atoms with E-state index in [1.54, 1.807) is 11.8 Å². The Balaban J connectivity index is 1.65. The maximum Gasteiger partial charge on any atom is 0.157 e. The Morgan fingerprint density at radius 2 is 1.81 bits per heavy atom. The molecule has 21 heavy (non-hydrogen) atoms. The summed E-state index contributed by atoms with van der Waals surface area (Å²) in [5.74, 6) is 0.938. The Morgan fingerprint density at radius 3 is 2.52 bits per heavy atom. The lowest BCUT2D eigenvalue weighted by Gasteiger charge is -2.13. The van der Waals surface area contributed by atoms with Crippen LogP contribution in [0.3, 0.4) is 0 Å². The number of hydrogen-bond donors (Lipinski definition) is 1. The normalized spacial score (nSPS) is 21.0. The van der Waals surface area contributed by atoms with Crippen LogP contribution < -0.4 is 5.32 Å². The molecule has 2 aromatic carbocycles. The monoisotopic (exact) mass is 360 g/mol. The predicted octanol–water partition coefficient (Wildman–Crippen LogP) is 4.77. The van der Waals surface area contributed by atoms with Gasteiger partial charge in [0.1, 0.15) is 0 Å². The van der Waals surface area contributed by atoms with Gasteiger partial charge in [0.2, 0.25) is 0 Å². The predicted molar refractivity (Wildman–Crippen MR) is 94.7 cm³/mol. The van der Waals surface area contributed by atoms with Gasteiger partial charge in [-0.2, -0.15) is 0 Å². The lowest BCUT2D eigenvalue weighted by molar-refractivity contribution is 0.589. The summed E-state index contributed by atoms with van der Waals surface area (Å²) < 4.78 is 1.12. The number of thioether (sulfide) groups is 1. The van der Waals surface area contributed by atoms with Crippen LogP contribution in [0.2, 0.25) is 0 Å². The van der Waals surface area contributed by atoms with Crippen LogP contribution in [0.1, 0.15) is 24.1 Å². The number of aliphatic imine (C=N–C) groups is 1. The van der Waals surface area contributed by atoms with E-state index in [0.29, 0.717) is 6.04 Å². The highest BCUT2D eigenvalue weighted by atomic mass is 79.9. The molecule has 2 aromatic rings. The summed E-state index contributed by atoms with van der Waals surface area (Å²) in [6, 6.07) is 19.5. The summed E-state index contributed by atoms with van der Waals surface area (Å²) in [7, 11) is 0. The van der Waals surface area contributed by atoms with Crippen LogP contribution in [-0.2, 0) is 5.75 Å². The topological polar surface area (TPSA) is 24.4 Å². The molecule has 0 fully saturated rings. The van der Waals surface area contributed by atoms with Gasteiger partial charge in [0.05, 0.1) is 12.1 Å². The molecular weight excluding hydrogens is 344 g/mol. The number of hydrogen-bond acceptors (Lipinski definition) is 3. The first-order valence-electron chi connectivity index (χ1n) is 6.99. The van der Waals surface area contributed by atoms with E-state index in [4.69, 9.17) is 4.99 Å². The Labute approximate surface area is 138 Å². The Bertz CT molecular complexity index is 625. The summed E-state index contributed by atoms with van der Waals surface area (Å²) in [5.41, 5.74) is 2.58. The molecule has 1 heterocycles. The number of benzene rings is 2. The SMILES string of the molecule is C[C@@H]1NC(SCc2ccc(Br)cc2)=N[C@@H]1c1ccccc1. The Kier molecular flexibility index (Phi) is 4.66. The maximum atomic E-state index is 4.83. The molecule has 1 aliphatic rings. The standard InChI is InChI=1S/C17H17BrN2S/c1-12-16(14-5-3-2-4-6-14)20-17(19-12)21-11-13-7-9-15(18)10-8-13/h2-10,12,16H,11H2,1H3,(H,19,20)/t12-,16-/m0/s1. The molecule has 108 valence electrons. The van der Waals surface area contributed by atoms with Crippen molar-refractivity contribution in [1.82, 2.24) is 5.32 Å². The van der Waals surface area contributed by atoms with Gasteiger partial charge in [-0.05, 0) is 30.2 Å². The number of rotatable bonds is 3. The van der Waals surface area contributed by atoms with Gasteiger partial charge in [0.25, 0.3) is 0 Å². The largest absolute Gasteiger partial charge is 0.360 e. The molecule has 0 amide bonds. The van der Waals surface area contributed by atoms with E-state index in [2.05, 4.69) is 76.7 Å². The molecule has 0 radical (unpaired) electrons. The first-order valence-corrected chi connectivity index (χ1v) is 8.77. The van der Waals surface area contributed by atoms with Crippen molar-refractivity contribution in [3.8, 4) is 0 Å². The fourth-order valence-electron chi connectivity index (χ4n) is 2.37. The van der Waals surface area contributed by atoms with E-state index in [-0.39, 0.29) is 6.04 Å². The van der Waals surface area contributed by atoms with Crippen molar-refractivity contribution in [3.63, 3.8) is 0 Å². The van der Waals surface area contributed by atoms with Gasteiger partial charge < -0.3 is 5.32 Å². The van der Waals surface area contributed by atoms with E-state index in [9.17, 15) is 0 Å². The summed E-state index contributed by atoms with van der Waals surface area (Å²) in [6.07, 6.45) is 0. The molecule has 4 heteroatoms. The van der Waals surface area contributed by atoms with E-state index < -0.39 is 0 Å².